The topological polar surface area (TPSA) is 74.8 Å². The summed E-state index contributed by atoms with van der Waals surface area (Å²) >= 11 is 0. The van der Waals surface area contributed by atoms with E-state index in [0.717, 1.165) is 37.7 Å². The number of carbonyl (C=O) groups excluding carboxylic acids is 2. The fourth-order valence-corrected chi connectivity index (χ4v) is 3.24. The number of rotatable bonds is 5. The highest BCUT2D eigenvalue weighted by Gasteiger charge is 2.35. The molecule has 7 nitrogen and oxygen atoms in total. The summed E-state index contributed by atoms with van der Waals surface area (Å²) in [6, 6.07) is 4.10. The summed E-state index contributed by atoms with van der Waals surface area (Å²) in [6.07, 6.45) is 2.10. The minimum Gasteiger partial charge on any atom is -0.378 e. The van der Waals surface area contributed by atoms with Crippen molar-refractivity contribution in [3.05, 3.63) is 23.9 Å². The molecule has 1 N–H and O–H groups in total. The van der Waals surface area contributed by atoms with Crippen molar-refractivity contribution < 1.29 is 14.3 Å². The van der Waals surface area contributed by atoms with E-state index < -0.39 is 0 Å². The van der Waals surface area contributed by atoms with Crippen LogP contribution >= 0.6 is 0 Å². The van der Waals surface area contributed by atoms with Crippen LogP contribution in [0.4, 0.5) is 5.82 Å². The number of amides is 2. The van der Waals surface area contributed by atoms with E-state index in [-0.39, 0.29) is 23.8 Å². The quantitative estimate of drug-likeness (QED) is 0.853. The molecule has 7 heteroatoms. The van der Waals surface area contributed by atoms with Crippen molar-refractivity contribution in [3.8, 4) is 0 Å². The molecule has 0 aromatic carbocycles. The minimum atomic E-state index is -0.254. The van der Waals surface area contributed by atoms with E-state index in [4.69, 9.17) is 4.74 Å². The van der Waals surface area contributed by atoms with Crippen LogP contribution in [0.15, 0.2) is 18.3 Å². The largest absolute Gasteiger partial charge is 0.378 e. The van der Waals surface area contributed by atoms with Crippen LogP contribution in [0.2, 0.25) is 0 Å². The summed E-state index contributed by atoms with van der Waals surface area (Å²) in [5, 5.41) is 2.93. The zero-order valence-corrected chi connectivity index (χ0v) is 14.9. The van der Waals surface area contributed by atoms with E-state index in [1.165, 1.54) is 0 Å². The van der Waals surface area contributed by atoms with E-state index in [9.17, 15) is 9.59 Å². The van der Waals surface area contributed by atoms with Crippen molar-refractivity contribution in [2.75, 3.05) is 37.7 Å². The molecule has 2 fully saturated rings. The Labute approximate surface area is 148 Å². The molecule has 1 aromatic heterocycles. The number of aromatic nitrogens is 1. The number of anilines is 1. The molecule has 0 bridgehead atoms. The first kappa shape index (κ1) is 17.7. The Morgan fingerprint density at radius 2 is 2.12 bits per heavy atom. The van der Waals surface area contributed by atoms with Crippen LogP contribution in [0.5, 0.6) is 0 Å². The van der Waals surface area contributed by atoms with Gasteiger partial charge in [0.05, 0.1) is 19.1 Å². The fraction of sp³-hybridized carbons (Fsp3) is 0.611. The van der Waals surface area contributed by atoms with E-state index >= 15 is 0 Å². The average Bonchev–Trinajstić information content (AvgIpc) is 3.03. The van der Waals surface area contributed by atoms with E-state index in [1.807, 2.05) is 26.0 Å². The first-order chi connectivity index (χ1) is 12.0. The molecule has 136 valence electrons. The molecular formula is C18H26N4O3. The van der Waals surface area contributed by atoms with Gasteiger partial charge in [-0.1, -0.05) is 6.07 Å². The highest BCUT2D eigenvalue weighted by Crippen LogP contribution is 2.20. The molecule has 0 aliphatic carbocycles. The van der Waals surface area contributed by atoms with Gasteiger partial charge in [-0.2, -0.15) is 0 Å². The second-order valence-corrected chi connectivity index (χ2v) is 6.88. The average molecular weight is 346 g/mol. The van der Waals surface area contributed by atoms with Gasteiger partial charge in [0, 0.05) is 44.8 Å². The molecule has 3 rings (SSSR count). The second-order valence-electron chi connectivity index (χ2n) is 6.88. The third kappa shape index (κ3) is 4.28. The van der Waals surface area contributed by atoms with Crippen LogP contribution in [0, 0.1) is 5.92 Å². The van der Waals surface area contributed by atoms with Gasteiger partial charge in [-0.3, -0.25) is 9.59 Å². The van der Waals surface area contributed by atoms with E-state index in [1.54, 1.807) is 11.1 Å². The summed E-state index contributed by atoms with van der Waals surface area (Å²) in [5.41, 5.74) is 0.954. The lowest BCUT2D eigenvalue weighted by Gasteiger charge is -2.27. The predicted octanol–water partition coefficient (Wildman–Crippen LogP) is 0.791. The fourth-order valence-electron chi connectivity index (χ4n) is 3.24. The molecule has 2 aliphatic rings. The van der Waals surface area contributed by atoms with Crippen LogP contribution in [-0.4, -0.2) is 60.6 Å². The lowest BCUT2D eigenvalue weighted by molar-refractivity contribution is -0.130. The third-order valence-electron chi connectivity index (χ3n) is 4.76. The normalized spacial score (nSPS) is 21.1. The number of carbonyl (C=O) groups is 2. The number of nitrogens with one attached hydrogen (secondary N) is 1. The Balaban J connectivity index is 1.50. The lowest BCUT2D eigenvalue weighted by Crippen LogP contribution is -2.36. The molecule has 0 spiro atoms. The Bertz CT molecular complexity index is 611. The maximum absolute atomic E-state index is 12.3. The highest BCUT2D eigenvalue weighted by molar-refractivity contribution is 5.89. The van der Waals surface area contributed by atoms with Crippen molar-refractivity contribution in [1.82, 2.24) is 15.2 Å². The number of nitrogens with zero attached hydrogens (tertiary/aromatic N) is 3. The molecule has 0 saturated carbocycles. The number of pyridine rings is 1. The first-order valence-corrected chi connectivity index (χ1v) is 8.89. The molecule has 25 heavy (non-hydrogen) atoms. The second kappa shape index (κ2) is 7.82. The molecule has 0 radical (unpaired) electrons. The molecule has 2 aliphatic heterocycles. The van der Waals surface area contributed by atoms with Crippen LogP contribution < -0.4 is 10.2 Å². The number of likely N-dealkylation sites (tertiary alicyclic amines) is 1. The summed E-state index contributed by atoms with van der Waals surface area (Å²) in [5.74, 6) is 0.684. The third-order valence-corrected chi connectivity index (χ3v) is 4.76. The van der Waals surface area contributed by atoms with Gasteiger partial charge < -0.3 is 19.9 Å². The summed E-state index contributed by atoms with van der Waals surface area (Å²) in [4.78, 5) is 32.7. The first-order valence-electron chi connectivity index (χ1n) is 8.89. The zero-order chi connectivity index (χ0) is 17.8. The SMILES string of the molecule is CC(C)N1C[C@H](C(=O)NCc2ccc(N3CCOCC3)nc2)CC1=O. The van der Waals surface area contributed by atoms with Crippen LogP contribution in [0.1, 0.15) is 25.8 Å². The molecule has 2 amide bonds. The van der Waals surface area contributed by atoms with Crippen molar-refractivity contribution in [2.45, 2.75) is 32.9 Å². The van der Waals surface area contributed by atoms with Crippen LogP contribution in [0.3, 0.4) is 0 Å². The standard InChI is InChI=1S/C18H26N4O3/c1-13(2)22-12-15(9-17(22)23)18(24)20-11-14-3-4-16(19-10-14)21-5-7-25-8-6-21/h3-4,10,13,15H,5-9,11-12H2,1-2H3,(H,20,24)/t15-/m1/s1. The van der Waals surface area contributed by atoms with Gasteiger partial charge in [-0.05, 0) is 25.5 Å². The van der Waals surface area contributed by atoms with Gasteiger partial charge >= 0.3 is 0 Å². The van der Waals surface area contributed by atoms with Crippen molar-refractivity contribution in [2.24, 2.45) is 5.92 Å². The summed E-state index contributed by atoms with van der Waals surface area (Å²) in [7, 11) is 0. The molecule has 1 atom stereocenters. The lowest BCUT2D eigenvalue weighted by atomic mass is 10.1. The number of morpholine rings is 1. The number of hydrogen-bond acceptors (Lipinski definition) is 5. The van der Waals surface area contributed by atoms with Gasteiger partial charge in [0.15, 0.2) is 0 Å². The molecule has 1 aromatic rings. The Morgan fingerprint density at radius 1 is 1.36 bits per heavy atom. The Hall–Kier alpha value is -2.15. The van der Waals surface area contributed by atoms with Crippen molar-refractivity contribution in [3.63, 3.8) is 0 Å². The highest BCUT2D eigenvalue weighted by atomic mass is 16.5. The van der Waals surface area contributed by atoms with Gasteiger partial charge in [-0.25, -0.2) is 4.98 Å². The maximum Gasteiger partial charge on any atom is 0.225 e. The van der Waals surface area contributed by atoms with E-state index in [2.05, 4.69) is 15.2 Å². The van der Waals surface area contributed by atoms with Gasteiger partial charge in [0.1, 0.15) is 5.82 Å². The molecule has 2 saturated heterocycles. The predicted molar refractivity (Wildman–Crippen MR) is 94.1 cm³/mol. The Kier molecular flexibility index (Phi) is 5.53. The van der Waals surface area contributed by atoms with E-state index in [0.29, 0.717) is 19.5 Å². The van der Waals surface area contributed by atoms with Crippen molar-refractivity contribution in [1.29, 1.82) is 0 Å². The number of hydrogen-bond donors (Lipinski definition) is 1. The zero-order valence-electron chi connectivity index (χ0n) is 14.9. The molecule has 3 heterocycles. The van der Waals surface area contributed by atoms with Gasteiger partial charge in [0.25, 0.3) is 0 Å². The smallest absolute Gasteiger partial charge is 0.225 e. The molecular weight excluding hydrogens is 320 g/mol. The summed E-state index contributed by atoms with van der Waals surface area (Å²) in [6.45, 7) is 8.05. The van der Waals surface area contributed by atoms with Gasteiger partial charge in [0.2, 0.25) is 11.8 Å². The van der Waals surface area contributed by atoms with Crippen LogP contribution in [0.25, 0.3) is 0 Å². The maximum atomic E-state index is 12.3. The monoisotopic (exact) mass is 346 g/mol. The number of ether oxygens (including phenoxy) is 1. The van der Waals surface area contributed by atoms with Crippen LogP contribution in [-0.2, 0) is 20.9 Å². The summed E-state index contributed by atoms with van der Waals surface area (Å²) < 4.78 is 5.34. The molecule has 0 unspecified atom stereocenters. The minimum absolute atomic E-state index is 0.0613. The van der Waals surface area contributed by atoms with Crippen molar-refractivity contribution >= 4 is 17.6 Å². The Morgan fingerprint density at radius 3 is 2.72 bits per heavy atom. The van der Waals surface area contributed by atoms with Gasteiger partial charge in [-0.15, -0.1) is 0 Å².